The smallest absolute Gasteiger partial charge is 0.277 e. The molecule has 0 saturated heterocycles. The summed E-state index contributed by atoms with van der Waals surface area (Å²) in [4.78, 5) is 14.3. The number of aromatic nitrogens is 2. The molecule has 3 aromatic rings. The minimum Gasteiger partial charge on any atom is -0.466 e. The number of anilines is 1. The molecule has 1 aliphatic heterocycles. The highest BCUT2D eigenvalue weighted by Crippen LogP contribution is 2.30. The number of hydrogen-bond acceptors (Lipinski definition) is 6. The first-order valence-corrected chi connectivity index (χ1v) is 9.02. The summed E-state index contributed by atoms with van der Waals surface area (Å²) in [5, 5.41) is 8.45. The highest BCUT2D eigenvalue weighted by molar-refractivity contribution is 7.99. The summed E-state index contributed by atoms with van der Waals surface area (Å²) in [7, 11) is 0. The fourth-order valence-electron chi connectivity index (χ4n) is 3.02. The van der Waals surface area contributed by atoms with Gasteiger partial charge in [-0.05, 0) is 38.0 Å². The molecule has 0 atom stereocenters. The summed E-state index contributed by atoms with van der Waals surface area (Å²) >= 11 is 1.26. The molecule has 4 rings (SSSR count). The van der Waals surface area contributed by atoms with Crippen LogP contribution in [-0.2, 0) is 11.2 Å². The van der Waals surface area contributed by atoms with Crippen LogP contribution >= 0.6 is 11.8 Å². The van der Waals surface area contributed by atoms with Crippen LogP contribution in [0.2, 0.25) is 0 Å². The number of fused-ring (bicyclic) bond motifs is 1. The summed E-state index contributed by atoms with van der Waals surface area (Å²) in [5.41, 5.74) is 3.01. The Morgan fingerprint density at radius 2 is 2.08 bits per heavy atom. The number of aryl methyl sites for hydroxylation is 2. The molecular formula is C18H17N3O3S. The molecule has 1 aromatic carbocycles. The minimum absolute atomic E-state index is 0.0463. The van der Waals surface area contributed by atoms with Crippen molar-refractivity contribution < 1.29 is 13.6 Å². The first-order valence-electron chi connectivity index (χ1n) is 8.04. The molecule has 0 N–H and O–H groups in total. The van der Waals surface area contributed by atoms with Crippen LogP contribution in [-0.4, -0.2) is 28.4 Å². The predicted molar refractivity (Wildman–Crippen MR) is 94.7 cm³/mol. The maximum Gasteiger partial charge on any atom is 0.277 e. The molecule has 6 nitrogen and oxygen atoms in total. The molecule has 2 aromatic heterocycles. The van der Waals surface area contributed by atoms with Crippen LogP contribution in [0.1, 0.15) is 17.1 Å². The molecule has 1 amide bonds. The summed E-state index contributed by atoms with van der Waals surface area (Å²) in [6, 6.07) is 9.87. The topological polar surface area (TPSA) is 72.4 Å². The number of rotatable bonds is 4. The molecule has 0 unspecified atom stereocenters. The number of amides is 1. The molecule has 0 spiro atoms. The van der Waals surface area contributed by atoms with E-state index in [9.17, 15) is 4.79 Å². The van der Waals surface area contributed by atoms with Gasteiger partial charge in [-0.3, -0.25) is 4.79 Å². The van der Waals surface area contributed by atoms with Crippen LogP contribution in [0.4, 0.5) is 5.69 Å². The van der Waals surface area contributed by atoms with Crippen LogP contribution in [0, 0.1) is 13.8 Å². The van der Waals surface area contributed by atoms with Gasteiger partial charge in [-0.15, -0.1) is 10.2 Å². The summed E-state index contributed by atoms with van der Waals surface area (Å²) in [6.07, 6.45) is 0.899. The standard InChI is InChI=1S/C18H17N3O3S/c1-11-9-14(12(2)23-11)17-19-20-18(24-17)25-10-16(22)21-8-7-13-5-3-4-6-15(13)21/h3-6,9H,7-8,10H2,1-2H3. The zero-order valence-electron chi connectivity index (χ0n) is 14.0. The molecule has 128 valence electrons. The minimum atomic E-state index is 0.0463. The van der Waals surface area contributed by atoms with E-state index in [0.717, 1.165) is 35.7 Å². The van der Waals surface area contributed by atoms with Crippen molar-refractivity contribution in [3.8, 4) is 11.5 Å². The Bertz CT molecular complexity index is 931. The molecule has 0 radical (unpaired) electrons. The molecule has 3 heterocycles. The maximum absolute atomic E-state index is 12.5. The van der Waals surface area contributed by atoms with Gasteiger partial charge in [0.1, 0.15) is 11.5 Å². The lowest BCUT2D eigenvalue weighted by Crippen LogP contribution is -2.30. The Kier molecular flexibility index (Phi) is 4.09. The number of thioether (sulfide) groups is 1. The number of carbonyl (C=O) groups is 1. The van der Waals surface area contributed by atoms with Crippen molar-refractivity contribution in [1.29, 1.82) is 0 Å². The second-order valence-corrected chi connectivity index (χ2v) is 6.84. The zero-order valence-corrected chi connectivity index (χ0v) is 14.8. The Morgan fingerprint density at radius 3 is 2.88 bits per heavy atom. The second-order valence-electron chi connectivity index (χ2n) is 5.91. The third-order valence-electron chi connectivity index (χ3n) is 4.19. The van der Waals surface area contributed by atoms with Gasteiger partial charge in [0.2, 0.25) is 5.91 Å². The van der Waals surface area contributed by atoms with Crippen LogP contribution < -0.4 is 4.90 Å². The molecule has 1 aliphatic rings. The Morgan fingerprint density at radius 1 is 1.24 bits per heavy atom. The first-order chi connectivity index (χ1) is 12.1. The number of nitrogens with zero attached hydrogens (tertiary/aromatic N) is 3. The van der Waals surface area contributed by atoms with Gasteiger partial charge in [-0.1, -0.05) is 30.0 Å². The lowest BCUT2D eigenvalue weighted by atomic mass is 10.2. The third kappa shape index (κ3) is 3.07. The second kappa shape index (κ2) is 6.40. The van der Waals surface area contributed by atoms with Crippen molar-refractivity contribution in [2.24, 2.45) is 0 Å². The summed E-state index contributed by atoms with van der Waals surface area (Å²) in [5.74, 6) is 2.26. The SMILES string of the molecule is Cc1cc(-c2nnc(SCC(=O)N3CCc4ccccc43)o2)c(C)o1. The van der Waals surface area contributed by atoms with Gasteiger partial charge in [0.05, 0.1) is 11.3 Å². The average molecular weight is 355 g/mol. The number of furan rings is 1. The number of hydrogen-bond donors (Lipinski definition) is 0. The van der Waals surface area contributed by atoms with E-state index in [1.807, 2.05) is 43.0 Å². The van der Waals surface area contributed by atoms with E-state index in [2.05, 4.69) is 16.3 Å². The van der Waals surface area contributed by atoms with Gasteiger partial charge in [0.15, 0.2) is 0 Å². The molecule has 7 heteroatoms. The fraction of sp³-hybridized carbons (Fsp3) is 0.278. The first kappa shape index (κ1) is 16.0. The van der Waals surface area contributed by atoms with Crippen LogP contribution in [0.3, 0.4) is 0 Å². The van der Waals surface area contributed by atoms with Crippen LogP contribution in [0.15, 0.2) is 44.4 Å². The van der Waals surface area contributed by atoms with E-state index in [1.54, 1.807) is 0 Å². The largest absolute Gasteiger partial charge is 0.466 e. The van der Waals surface area contributed by atoms with E-state index in [-0.39, 0.29) is 11.7 Å². The summed E-state index contributed by atoms with van der Waals surface area (Å²) in [6.45, 7) is 4.45. The average Bonchev–Trinajstić information content (AvgIpc) is 3.30. The van der Waals surface area contributed by atoms with E-state index < -0.39 is 0 Å². The van der Waals surface area contributed by atoms with E-state index in [1.165, 1.54) is 17.3 Å². The van der Waals surface area contributed by atoms with Gasteiger partial charge in [0.25, 0.3) is 11.1 Å². The molecule has 0 saturated carbocycles. The monoisotopic (exact) mass is 355 g/mol. The van der Waals surface area contributed by atoms with E-state index >= 15 is 0 Å². The lowest BCUT2D eigenvalue weighted by molar-refractivity contribution is -0.116. The van der Waals surface area contributed by atoms with Crippen molar-refractivity contribution in [2.75, 3.05) is 17.2 Å². The Labute approximate surface area is 149 Å². The van der Waals surface area contributed by atoms with Crippen molar-refractivity contribution in [1.82, 2.24) is 10.2 Å². The van der Waals surface area contributed by atoms with Gasteiger partial charge in [-0.2, -0.15) is 0 Å². The molecule has 25 heavy (non-hydrogen) atoms. The lowest BCUT2D eigenvalue weighted by Gasteiger charge is -2.16. The maximum atomic E-state index is 12.5. The van der Waals surface area contributed by atoms with Crippen LogP contribution in [0.25, 0.3) is 11.5 Å². The third-order valence-corrected chi connectivity index (χ3v) is 4.99. The van der Waals surface area contributed by atoms with Gasteiger partial charge in [0, 0.05) is 12.2 Å². The van der Waals surface area contributed by atoms with Crippen molar-refractivity contribution in [2.45, 2.75) is 25.5 Å². The number of benzene rings is 1. The quantitative estimate of drug-likeness (QED) is 0.666. The fourth-order valence-corrected chi connectivity index (χ4v) is 3.66. The Balaban J connectivity index is 1.43. The van der Waals surface area contributed by atoms with Gasteiger partial charge in [-0.25, -0.2) is 0 Å². The van der Waals surface area contributed by atoms with Gasteiger partial charge < -0.3 is 13.7 Å². The molecular weight excluding hydrogens is 338 g/mol. The normalized spacial score (nSPS) is 13.3. The highest BCUT2D eigenvalue weighted by atomic mass is 32.2. The highest BCUT2D eigenvalue weighted by Gasteiger charge is 2.24. The number of para-hydroxylation sites is 1. The van der Waals surface area contributed by atoms with Crippen molar-refractivity contribution >= 4 is 23.4 Å². The Hall–Kier alpha value is -2.54. The van der Waals surface area contributed by atoms with E-state index in [0.29, 0.717) is 11.1 Å². The molecule has 0 fully saturated rings. The predicted octanol–water partition coefficient (Wildman–Crippen LogP) is 3.63. The van der Waals surface area contributed by atoms with Gasteiger partial charge >= 0.3 is 0 Å². The zero-order chi connectivity index (χ0) is 17.4. The van der Waals surface area contributed by atoms with Crippen molar-refractivity contribution in [3.63, 3.8) is 0 Å². The van der Waals surface area contributed by atoms with E-state index in [4.69, 9.17) is 8.83 Å². The van der Waals surface area contributed by atoms with Crippen molar-refractivity contribution in [3.05, 3.63) is 47.4 Å². The number of carbonyl (C=O) groups excluding carboxylic acids is 1. The molecule has 0 bridgehead atoms. The molecule has 0 aliphatic carbocycles. The van der Waals surface area contributed by atoms with Crippen LogP contribution in [0.5, 0.6) is 0 Å². The summed E-state index contributed by atoms with van der Waals surface area (Å²) < 4.78 is 11.1.